The predicted molar refractivity (Wildman–Crippen MR) is 110 cm³/mol. The molecule has 6 nitrogen and oxygen atoms in total. The maximum Gasteiger partial charge on any atom is 0.341 e. The number of carbonyl (C=O) groups is 2. The number of ether oxygens (including phenoxy) is 2. The van der Waals surface area contributed by atoms with Gasteiger partial charge in [-0.25, -0.2) is 4.79 Å². The molecular formula is C21H25NO5S. The first-order chi connectivity index (χ1) is 13.4. The van der Waals surface area contributed by atoms with Crippen LogP contribution in [0.2, 0.25) is 0 Å². The van der Waals surface area contributed by atoms with Gasteiger partial charge in [0, 0.05) is 19.2 Å². The van der Waals surface area contributed by atoms with E-state index in [0.29, 0.717) is 31.2 Å². The number of amides is 1. The molecule has 0 unspecified atom stereocenters. The largest absolute Gasteiger partial charge is 0.485 e. The fraction of sp³-hybridized carbons (Fsp3) is 0.333. The lowest BCUT2D eigenvalue weighted by Crippen LogP contribution is -2.28. The number of allylic oxidation sites excluding steroid dienone is 1. The SMILES string of the molecule is CCN(CC)C(=O)/C=C(/C)c1ccc(OCc2ccsc2)c(OCC(=O)O)c1. The van der Waals surface area contributed by atoms with E-state index in [1.54, 1.807) is 34.4 Å². The predicted octanol–water partition coefficient (Wildman–Crippen LogP) is 4.06. The van der Waals surface area contributed by atoms with Crippen LogP contribution in [0.25, 0.3) is 5.57 Å². The van der Waals surface area contributed by atoms with Crippen molar-refractivity contribution in [3.8, 4) is 11.5 Å². The fourth-order valence-electron chi connectivity index (χ4n) is 2.56. The van der Waals surface area contributed by atoms with Crippen molar-refractivity contribution >= 4 is 28.8 Å². The van der Waals surface area contributed by atoms with Crippen molar-refractivity contribution in [2.45, 2.75) is 27.4 Å². The summed E-state index contributed by atoms with van der Waals surface area (Å²) in [6, 6.07) is 7.23. The van der Waals surface area contributed by atoms with Crippen LogP contribution in [0.3, 0.4) is 0 Å². The summed E-state index contributed by atoms with van der Waals surface area (Å²) in [5.41, 5.74) is 2.56. The summed E-state index contributed by atoms with van der Waals surface area (Å²) >= 11 is 1.58. The highest BCUT2D eigenvalue weighted by atomic mass is 32.1. The Labute approximate surface area is 169 Å². The van der Waals surface area contributed by atoms with Gasteiger partial charge in [0.05, 0.1) is 0 Å². The topological polar surface area (TPSA) is 76.1 Å². The van der Waals surface area contributed by atoms with Crippen LogP contribution in [0.4, 0.5) is 0 Å². The molecule has 0 saturated heterocycles. The molecule has 1 heterocycles. The Morgan fingerprint density at radius 3 is 2.50 bits per heavy atom. The Morgan fingerprint density at radius 1 is 1.14 bits per heavy atom. The molecule has 0 aliphatic heterocycles. The van der Waals surface area contributed by atoms with E-state index in [-0.39, 0.29) is 5.91 Å². The number of hydrogen-bond acceptors (Lipinski definition) is 5. The van der Waals surface area contributed by atoms with Crippen molar-refractivity contribution < 1.29 is 24.2 Å². The zero-order valence-electron chi connectivity index (χ0n) is 16.3. The second-order valence-corrected chi connectivity index (χ2v) is 6.88. The Morgan fingerprint density at radius 2 is 1.89 bits per heavy atom. The summed E-state index contributed by atoms with van der Waals surface area (Å²) in [6.07, 6.45) is 1.58. The molecule has 0 atom stereocenters. The van der Waals surface area contributed by atoms with Crippen molar-refractivity contribution in [2.24, 2.45) is 0 Å². The van der Waals surface area contributed by atoms with Crippen LogP contribution in [0.5, 0.6) is 11.5 Å². The minimum Gasteiger partial charge on any atom is -0.485 e. The first-order valence-corrected chi connectivity index (χ1v) is 9.99. The van der Waals surface area contributed by atoms with Crippen LogP contribution in [0.15, 0.2) is 41.1 Å². The lowest BCUT2D eigenvalue weighted by Gasteiger charge is -2.17. The monoisotopic (exact) mass is 403 g/mol. The summed E-state index contributed by atoms with van der Waals surface area (Å²) in [4.78, 5) is 24.9. The smallest absolute Gasteiger partial charge is 0.341 e. The molecule has 2 aromatic rings. The summed E-state index contributed by atoms with van der Waals surface area (Å²) < 4.78 is 11.2. The van der Waals surface area contributed by atoms with Crippen molar-refractivity contribution in [1.82, 2.24) is 4.90 Å². The molecule has 0 saturated carbocycles. The van der Waals surface area contributed by atoms with E-state index in [4.69, 9.17) is 14.6 Å². The lowest BCUT2D eigenvalue weighted by molar-refractivity contribution is -0.139. The number of aliphatic carboxylic acids is 1. The minimum absolute atomic E-state index is 0.0618. The quantitative estimate of drug-likeness (QED) is 0.606. The highest BCUT2D eigenvalue weighted by molar-refractivity contribution is 7.07. The second kappa shape index (κ2) is 10.5. The molecule has 150 valence electrons. The number of likely N-dealkylation sites (N-methyl/N-ethyl adjacent to an activating group) is 1. The number of nitrogens with zero attached hydrogens (tertiary/aromatic N) is 1. The Kier molecular flexibility index (Phi) is 8.07. The lowest BCUT2D eigenvalue weighted by atomic mass is 10.1. The molecular weight excluding hydrogens is 378 g/mol. The highest BCUT2D eigenvalue weighted by Crippen LogP contribution is 2.32. The van der Waals surface area contributed by atoms with Gasteiger partial charge in [-0.1, -0.05) is 6.07 Å². The van der Waals surface area contributed by atoms with Gasteiger partial charge in [-0.15, -0.1) is 0 Å². The molecule has 28 heavy (non-hydrogen) atoms. The van der Waals surface area contributed by atoms with Gasteiger partial charge < -0.3 is 19.5 Å². The fourth-order valence-corrected chi connectivity index (χ4v) is 3.21. The molecule has 2 rings (SSSR count). The molecule has 0 aliphatic rings. The van der Waals surface area contributed by atoms with Gasteiger partial charge in [-0.2, -0.15) is 11.3 Å². The summed E-state index contributed by atoms with van der Waals surface area (Å²) in [5, 5.41) is 12.9. The first kappa shape index (κ1) is 21.5. The van der Waals surface area contributed by atoms with E-state index in [1.807, 2.05) is 43.7 Å². The van der Waals surface area contributed by atoms with Gasteiger partial charge in [0.1, 0.15) is 6.61 Å². The van der Waals surface area contributed by atoms with E-state index in [0.717, 1.165) is 16.7 Å². The summed E-state index contributed by atoms with van der Waals surface area (Å²) in [6.45, 7) is 6.87. The number of carboxylic acids is 1. The minimum atomic E-state index is -1.07. The third-order valence-corrected chi connectivity index (χ3v) is 4.87. The average molecular weight is 404 g/mol. The van der Waals surface area contributed by atoms with Crippen LogP contribution in [-0.4, -0.2) is 41.6 Å². The van der Waals surface area contributed by atoms with E-state index < -0.39 is 12.6 Å². The van der Waals surface area contributed by atoms with Crippen LogP contribution in [-0.2, 0) is 16.2 Å². The van der Waals surface area contributed by atoms with Gasteiger partial charge in [-0.05, 0) is 66.4 Å². The van der Waals surface area contributed by atoms with E-state index in [2.05, 4.69) is 0 Å². The van der Waals surface area contributed by atoms with Gasteiger partial charge in [0.15, 0.2) is 18.1 Å². The normalized spacial score (nSPS) is 11.2. The second-order valence-electron chi connectivity index (χ2n) is 6.10. The third-order valence-electron chi connectivity index (χ3n) is 4.14. The maximum atomic E-state index is 12.3. The molecule has 0 fully saturated rings. The van der Waals surface area contributed by atoms with Gasteiger partial charge >= 0.3 is 5.97 Å². The number of carboxylic acid groups (broad SMARTS) is 1. The maximum absolute atomic E-state index is 12.3. The number of rotatable bonds is 10. The van der Waals surface area contributed by atoms with Gasteiger partial charge in [0.2, 0.25) is 5.91 Å². The number of thiophene rings is 1. The molecule has 0 spiro atoms. The Hall–Kier alpha value is -2.80. The molecule has 7 heteroatoms. The van der Waals surface area contributed by atoms with Crippen LogP contribution < -0.4 is 9.47 Å². The Balaban J connectivity index is 2.23. The van der Waals surface area contributed by atoms with Gasteiger partial charge in [0.25, 0.3) is 0 Å². The zero-order valence-corrected chi connectivity index (χ0v) is 17.1. The molecule has 1 N–H and O–H groups in total. The first-order valence-electron chi connectivity index (χ1n) is 9.04. The standard InChI is InChI=1S/C21H25NO5S/c1-4-22(5-2)20(23)10-15(3)17-6-7-18(19(11-17)27-13-21(24)25)26-12-16-8-9-28-14-16/h6-11,14H,4-5,12-13H2,1-3H3,(H,24,25)/b15-10-. The number of carbonyl (C=O) groups excluding carboxylic acids is 1. The number of benzene rings is 1. The van der Waals surface area contributed by atoms with E-state index >= 15 is 0 Å². The van der Waals surface area contributed by atoms with Gasteiger partial charge in [-0.3, -0.25) is 4.79 Å². The van der Waals surface area contributed by atoms with E-state index in [1.165, 1.54) is 0 Å². The molecule has 0 aliphatic carbocycles. The van der Waals surface area contributed by atoms with Crippen LogP contribution >= 0.6 is 11.3 Å². The van der Waals surface area contributed by atoms with Crippen molar-refractivity contribution in [3.05, 3.63) is 52.2 Å². The molecule has 0 radical (unpaired) electrons. The molecule has 1 aromatic carbocycles. The summed E-state index contributed by atoms with van der Waals surface area (Å²) in [5.74, 6) is -0.344. The molecule has 1 aromatic heterocycles. The Bertz CT molecular complexity index is 825. The van der Waals surface area contributed by atoms with Crippen molar-refractivity contribution in [2.75, 3.05) is 19.7 Å². The zero-order chi connectivity index (χ0) is 20.5. The molecule has 1 amide bonds. The number of hydrogen-bond donors (Lipinski definition) is 1. The van der Waals surface area contributed by atoms with Crippen LogP contribution in [0.1, 0.15) is 31.9 Å². The van der Waals surface area contributed by atoms with Crippen molar-refractivity contribution in [3.63, 3.8) is 0 Å². The molecule has 0 bridgehead atoms. The van der Waals surface area contributed by atoms with E-state index in [9.17, 15) is 9.59 Å². The third kappa shape index (κ3) is 6.13. The van der Waals surface area contributed by atoms with Crippen LogP contribution in [0, 0.1) is 0 Å². The highest BCUT2D eigenvalue weighted by Gasteiger charge is 2.12. The average Bonchev–Trinajstić information content (AvgIpc) is 3.19. The summed E-state index contributed by atoms with van der Waals surface area (Å²) in [7, 11) is 0. The van der Waals surface area contributed by atoms with Crippen molar-refractivity contribution in [1.29, 1.82) is 0 Å².